The van der Waals surface area contributed by atoms with E-state index in [-0.39, 0.29) is 11.4 Å². The minimum absolute atomic E-state index is 0.0175. The van der Waals surface area contributed by atoms with Gasteiger partial charge < -0.3 is 9.51 Å². The molecule has 2 aromatic heterocycles. The lowest BCUT2D eigenvalue weighted by Gasteiger charge is -2.16. The average Bonchev–Trinajstić information content (AvgIpc) is 2.51. The fraction of sp³-hybridized carbons (Fsp3) is 0.417. The molecule has 1 N–H and O–H groups in total. The summed E-state index contributed by atoms with van der Waals surface area (Å²) < 4.78 is 2.04. The van der Waals surface area contributed by atoms with Crippen molar-refractivity contribution in [3.63, 3.8) is 0 Å². The number of aromatic nitrogens is 2. The number of thioether (sulfide) groups is 1. The fourth-order valence-electron chi connectivity index (χ4n) is 1.54. The van der Waals surface area contributed by atoms with Gasteiger partial charge in [0.1, 0.15) is 10.7 Å². The Morgan fingerprint density at radius 3 is 2.75 bits per heavy atom. The van der Waals surface area contributed by atoms with Gasteiger partial charge >= 0.3 is 0 Å². The third-order valence-corrected chi connectivity index (χ3v) is 3.28. The minimum Gasteiger partial charge on any atom is -0.390 e. The number of rotatable bonds is 2. The van der Waals surface area contributed by atoms with E-state index in [1.165, 1.54) is 0 Å². The molecule has 0 saturated carbocycles. The molecule has 4 heteroatoms. The van der Waals surface area contributed by atoms with Gasteiger partial charge in [0.05, 0.1) is 12.3 Å². The molecule has 2 aromatic rings. The zero-order valence-electron chi connectivity index (χ0n) is 9.77. The summed E-state index contributed by atoms with van der Waals surface area (Å²) in [4.78, 5) is 4.53. The molecule has 0 spiro atoms. The summed E-state index contributed by atoms with van der Waals surface area (Å²) in [5, 5.41) is 10.3. The maximum Gasteiger partial charge on any atom is 0.138 e. The molecule has 2 rings (SSSR count). The van der Waals surface area contributed by atoms with Crippen molar-refractivity contribution in [2.75, 3.05) is 0 Å². The highest BCUT2D eigenvalue weighted by atomic mass is 32.2. The Labute approximate surface area is 99.5 Å². The standard InChI is InChI=1S/C12H16N2OS/c1-12(2,3)16-11-9(8-15)14-7-5-4-6-10(14)13-11/h4-7,15H,8H2,1-3H3. The van der Waals surface area contributed by atoms with Crippen LogP contribution in [-0.2, 0) is 6.61 Å². The Kier molecular flexibility index (Phi) is 2.95. The summed E-state index contributed by atoms with van der Waals surface area (Å²) in [5.41, 5.74) is 1.76. The second-order valence-corrected chi connectivity index (χ2v) is 6.48. The van der Waals surface area contributed by atoms with Crippen LogP contribution in [0.3, 0.4) is 0 Å². The molecular weight excluding hydrogens is 220 g/mol. The molecule has 0 fully saturated rings. The average molecular weight is 236 g/mol. The molecule has 3 nitrogen and oxygen atoms in total. The molecular formula is C12H16N2OS. The molecule has 16 heavy (non-hydrogen) atoms. The van der Waals surface area contributed by atoms with E-state index in [2.05, 4.69) is 25.8 Å². The first-order valence-electron chi connectivity index (χ1n) is 5.27. The van der Waals surface area contributed by atoms with Gasteiger partial charge in [-0.3, -0.25) is 0 Å². The number of hydrogen-bond acceptors (Lipinski definition) is 3. The topological polar surface area (TPSA) is 37.5 Å². The quantitative estimate of drug-likeness (QED) is 0.815. The lowest BCUT2D eigenvalue weighted by Crippen LogP contribution is -2.07. The van der Waals surface area contributed by atoms with E-state index in [9.17, 15) is 5.11 Å². The van der Waals surface area contributed by atoms with Crippen molar-refractivity contribution in [2.24, 2.45) is 0 Å². The SMILES string of the molecule is CC(C)(C)Sc1nc2ccccn2c1CO. The summed E-state index contributed by atoms with van der Waals surface area (Å²) in [5.74, 6) is 0. The number of imidazole rings is 1. The van der Waals surface area contributed by atoms with E-state index in [1.54, 1.807) is 11.8 Å². The van der Waals surface area contributed by atoms with Crippen LogP contribution in [0.1, 0.15) is 26.5 Å². The lowest BCUT2D eigenvalue weighted by atomic mass is 10.3. The smallest absolute Gasteiger partial charge is 0.138 e. The van der Waals surface area contributed by atoms with Gasteiger partial charge in [-0.2, -0.15) is 0 Å². The Bertz CT molecular complexity index is 499. The predicted molar refractivity (Wildman–Crippen MR) is 66.7 cm³/mol. The van der Waals surface area contributed by atoms with Gasteiger partial charge in [0.2, 0.25) is 0 Å². The molecule has 0 saturated heterocycles. The van der Waals surface area contributed by atoms with Gasteiger partial charge in [-0.1, -0.05) is 38.6 Å². The Hall–Kier alpha value is -1.00. The normalized spacial score (nSPS) is 12.2. The molecule has 0 aliphatic carbocycles. The van der Waals surface area contributed by atoms with Crippen molar-refractivity contribution in [2.45, 2.75) is 37.2 Å². The van der Waals surface area contributed by atoms with Crippen molar-refractivity contribution in [1.82, 2.24) is 9.38 Å². The molecule has 0 amide bonds. The van der Waals surface area contributed by atoms with E-state index in [1.807, 2.05) is 28.8 Å². The first kappa shape index (κ1) is 11.5. The van der Waals surface area contributed by atoms with Crippen molar-refractivity contribution in [3.8, 4) is 0 Å². The molecule has 0 bridgehead atoms. The van der Waals surface area contributed by atoms with Crippen molar-refractivity contribution in [1.29, 1.82) is 0 Å². The zero-order chi connectivity index (χ0) is 11.8. The van der Waals surface area contributed by atoms with E-state index < -0.39 is 0 Å². The number of hydrogen-bond donors (Lipinski definition) is 1. The summed E-state index contributed by atoms with van der Waals surface area (Å²) in [7, 11) is 0. The van der Waals surface area contributed by atoms with Crippen LogP contribution in [0.15, 0.2) is 29.4 Å². The minimum atomic E-state index is 0.0175. The molecule has 86 valence electrons. The molecule has 2 heterocycles. The highest BCUT2D eigenvalue weighted by Crippen LogP contribution is 2.33. The number of aliphatic hydroxyl groups excluding tert-OH is 1. The van der Waals surface area contributed by atoms with Gasteiger partial charge in [-0.25, -0.2) is 4.98 Å². The van der Waals surface area contributed by atoms with Crippen LogP contribution >= 0.6 is 11.8 Å². The van der Waals surface area contributed by atoms with Crippen LogP contribution in [0.2, 0.25) is 0 Å². The van der Waals surface area contributed by atoms with Gasteiger partial charge in [0, 0.05) is 10.9 Å². The van der Waals surface area contributed by atoms with Crippen LogP contribution in [0.5, 0.6) is 0 Å². The zero-order valence-corrected chi connectivity index (χ0v) is 10.6. The van der Waals surface area contributed by atoms with Gasteiger partial charge in [-0.05, 0) is 12.1 Å². The van der Waals surface area contributed by atoms with Crippen molar-refractivity contribution in [3.05, 3.63) is 30.1 Å². The molecule has 0 aromatic carbocycles. The fourth-order valence-corrected chi connectivity index (χ4v) is 2.54. The highest BCUT2D eigenvalue weighted by Gasteiger charge is 2.18. The van der Waals surface area contributed by atoms with E-state index in [0.29, 0.717) is 0 Å². The summed E-state index contributed by atoms with van der Waals surface area (Å²) in [6.07, 6.45) is 1.93. The third-order valence-electron chi connectivity index (χ3n) is 2.14. The van der Waals surface area contributed by atoms with Gasteiger partial charge in [0.15, 0.2) is 0 Å². The molecule has 0 unspecified atom stereocenters. The maximum atomic E-state index is 9.43. The number of aliphatic hydroxyl groups is 1. The molecule has 0 aliphatic heterocycles. The van der Waals surface area contributed by atoms with Gasteiger partial charge in [-0.15, -0.1) is 0 Å². The second kappa shape index (κ2) is 4.11. The van der Waals surface area contributed by atoms with Crippen LogP contribution in [0, 0.1) is 0 Å². The van der Waals surface area contributed by atoms with Crippen molar-refractivity contribution >= 4 is 17.4 Å². The summed E-state index contributed by atoms with van der Waals surface area (Å²) >= 11 is 1.69. The number of pyridine rings is 1. The Balaban J connectivity index is 2.52. The number of nitrogens with zero attached hydrogens (tertiary/aromatic N) is 2. The van der Waals surface area contributed by atoms with Crippen molar-refractivity contribution < 1.29 is 5.11 Å². The summed E-state index contributed by atoms with van der Waals surface area (Å²) in [6.45, 7) is 6.44. The Morgan fingerprint density at radius 2 is 2.12 bits per heavy atom. The second-order valence-electron chi connectivity index (χ2n) is 4.67. The van der Waals surface area contributed by atoms with E-state index in [4.69, 9.17) is 0 Å². The van der Waals surface area contributed by atoms with Crippen LogP contribution in [0.25, 0.3) is 5.65 Å². The summed E-state index contributed by atoms with van der Waals surface area (Å²) in [6, 6.07) is 5.85. The molecule has 0 radical (unpaired) electrons. The highest BCUT2D eigenvalue weighted by molar-refractivity contribution is 8.00. The van der Waals surface area contributed by atoms with Gasteiger partial charge in [0.25, 0.3) is 0 Å². The van der Waals surface area contributed by atoms with Crippen LogP contribution in [-0.4, -0.2) is 19.2 Å². The first-order chi connectivity index (χ1) is 7.51. The van der Waals surface area contributed by atoms with Crippen LogP contribution in [0.4, 0.5) is 0 Å². The van der Waals surface area contributed by atoms with E-state index in [0.717, 1.165) is 16.4 Å². The Morgan fingerprint density at radius 1 is 1.38 bits per heavy atom. The van der Waals surface area contributed by atoms with E-state index >= 15 is 0 Å². The predicted octanol–water partition coefficient (Wildman–Crippen LogP) is 2.72. The first-order valence-corrected chi connectivity index (χ1v) is 6.09. The molecule has 0 atom stereocenters. The van der Waals surface area contributed by atoms with Crippen LogP contribution < -0.4 is 0 Å². The third kappa shape index (κ3) is 2.23. The lowest BCUT2D eigenvalue weighted by molar-refractivity contribution is 0.272. The maximum absolute atomic E-state index is 9.43. The monoisotopic (exact) mass is 236 g/mol. The number of fused-ring (bicyclic) bond motifs is 1. The molecule has 0 aliphatic rings. The largest absolute Gasteiger partial charge is 0.390 e.